The Balaban J connectivity index is 0.00000289. The molecule has 32 heavy (non-hydrogen) atoms. The van der Waals surface area contributed by atoms with Crippen LogP contribution in [0.15, 0.2) is 85.1 Å². The number of fused-ring (bicyclic) bond motifs is 1. The Morgan fingerprint density at radius 3 is 2.47 bits per heavy atom. The average molecular weight is 451 g/mol. The molecule has 0 amide bonds. The van der Waals surface area contributed by atoms with Gasteiger partial charge in [0, 0.05) is 29.2 Å². The standard InChI is InChI=1S/C26H28N2O3.H2S/c1-27-17-24(29)26(19-8-4-3-5-9-19)28-15-14-20-16-22(12-13-23(20)28)31-18-21-10-6-7-11-25(21)30-2;/h3-16,24,26-27,29H,17-18H2,1-2H3;1H2/t24-,26+;/m1./s1. The smallest absolute Gasteiger partial charge is 0.125 e. The van der Waals surface area contributed by atoms with Crippen LogP contribution in [0.1, 0.15) is 17.2 Å². The summed E-state index contributed by atoms with van der Waals surface area (Å²) in [5, 5.41) is 15.0. The lowest BCUT2D eigenvalue weighted by Gasteiger charge is -2.26. The van der Waals surface area contributed by atoms with E-state index in [2.05, 4.69) is 34.1 Å². The van der Waals surface area contributed by atoms with Gasteiger partial charge in [-0.3, -0.25) is 0 Å². The van der Waals surface area contributed by atoms with Gasteiger partial charge in [0.2, 0.25) is 0 Å². The summed E-state index contributed by atoms with van der Waals surface area (Å²) in [6.45, 7) is 0.934. The third kappa shape index (κ3) is 5.10. The minimum absolute atomic E-state index is 0. The number of aliphatic hydroxyl groups is 1. The zero-order valence-corrected chi connectivity index (χ0v) is 19.4. The van der Waals surface area contributed by atoms with Crippen LogP contribution in [0.2, 0.25) is 0 Å². The third-order valence-corrected chi connectivity index (χ3v) is 5.50. The molecule has 1 heterocycles. The van der Waals surface area contributed by atoms with Crippen molar-refractivity contribution in [2.24, 2.45) is 0 Å². The first-order chi connectivity index (χ1) is 15.2. The van der Waals surface area contributed by atoms with E-state index in [1.165, 1.54) is 0 Å². The van der Waals surface area contributed by atoms with Gasteiger partial charge in [-0.15, -0.1) is 0 Å². The van der Waals surface area contributed by atoms with Crippen LogP contribution in [0.3, 0.4) is 0 Å². The molecule has 0 aliphatic heterocycles. The van der Waals surface area contributed by atoms with Gasteiger partial charge in [-0.25, -0.2) is 0 Å². The van der Waals surface area contributed by atoms with Crippen LogP contribution in [0.4, 0.5) is 0 Å². The topological polar surface area (TPSA) is 55.7 Å². The molecule has 0 radical (unpaired) electrons. The molecule has 0 aliphatic rings. The van der Waals surface area contributed by atoms with Crippen molar-refractivity contribution < 1.29 is 14.6 Å². The number of rotatable bonds is 9. The van der Waals surface area contributed by atoms with Crippen molar-refractivity contribution >= 4 is 24.4 Å². The minimum atomic E-state index is -0.565. The van der Waals surface area contributed by atoms with E-state index in [1.807, 2.05) is 67.8 Å². The summed E-state index contributed by atoms with van der Waals surface area (Å²) >= 11 is 0. The van der Waals surface area contributed by atoms with Crippen LogP contribution in [0, 0.1) is 0 Å². The quantitative estimate of drug-likeness (QED) is 0.394. The number of nitrogens with one attached hydrogen (secondary N) is 1. The first-order valence-corrected chi connectivity index (χ1v) is 10.4. The first-order valence-electron chi connectivity index (χ1n) is 10.4. The Hall–Kier alpha value is -2.93. The Bertz CT molecular complexity index is 1130. The lowest BCUT2D eigenvalue weighted by Crippen LogP contribution is -2.33. The highest BCUT2D eigenvalue weighted by Crippen LogP contribution is 2.30. The van der Waals surface area contributed by atoms with Crippen molar-refractivity contribution in [2.75, 3.05) is 20.7 Å². The molecular formula is C26H30N2O3S. The molecule has 2 N–H and O–H groups in total. The zero-order chi connectivity index (χ0) is 21.6. The zero-order valence-electron chi connectivity index (χ0n) is 18.4. The molecule has 3 aromatic carbocycles. The van der Waals surface area contributed by atoms with Crippen LogP contribution in [0.25, 0.3) is 10.9 Å². The summed E-state index contributed by atoms with van der Waals surface area (Å²) in [6, 6.07) is 25.9. The van der Waals surface area contributed by atoms with E-state index >= 15 is 0 Å². The average Bonchev–Trinajstić information content (AvgIpc) is 3.22. The van der Waals surface area contributed by atoms with E-state index in [4.69, 9.17) is 9.47 Å². The predicted molar refractivity (Wildman–Crippen MR) is 134 cm³/mol. The van der Waals surface area contributed by atoms with Gasteiger partial charge in [-0.1, -0.05) is 48.5 Å². The van der Waals surface area contributed by atoms with E-state index in [-0.39, 0.29) is 19.5 Å². The number of para-hydroxylation sites is 1. The highest BCUT2D eigenvalue weighted by Gasteiger charge is 2.23. The van der Waals surface area contributed by atoms with Gasteiger partial charge < -0.3 is 24.5 Å². The second-order valence-corrected chi connectivity index (χ2v) is 7.52. The van der Waals surface area contributed by atoms with E-state index in [0.717, 1.165) is 33.5 Å². The summed E-state index contributed by atoms with van der Waals surface area (Å²) < 4.78 is 13.6. The number of aliphatic hydroxyl groups excluding tert-OH is 1. The van der Waals surface area contributed by atoms with E-state index < -0.39 is 6.10 Å². The SMILES string of the molecule is CNC[C@@H](O)[C@H](c1ccccc1)n1ccc2cc(OCc3ccccc3OC)ccc21.S. The van der Waals surface area contributed by atoms with Gasteiger partial charge in [0.05, 0.1) is 19.3 Å². The van der Waals surface area contributed by atoms with Crippen molar-refractivity contribution in [3.05, 3.63) is 96.2 Å². The highest BCUT2D eigenvalue weighted by molar-refractivity contribution is 7.59. The van der Waals surface area contributed by atoms with E-state index in [9.17, 15) is 5.11 Å². The number of hydrogen-bond donors (Lipinski definition) is 2. The highest BCUT2D eigenvalue weighted by atomic mass is 32.1. The summed E-state index contributed by atoms with van der Waals surface area (Å²) in [6.07, 6.45) is 1.47. The molecule has 4 rings (SSSR count). The number of ether oxygens (including phenoxy) is 2. The molecule has 0 saturated carbocycles. The predicted octanol–water partition coefficient (Wildman–Crippen LogP) is 4.51. The molecule has 6 heteroatoms. The van der Waals surface area contributed by atoms with Crippen molar-refractivity contribution in [1.82, 2.24) is 9.88 Å². The van der Waals surface area contributed by atoms with E-state index in [1.54, 1.807) is 7.11 Å². The number of hydrogen-bond acceptors (Lipinski definition) is 4. The fourth-order valence-corrected chi connectivity index (χ4v) is 4.00. The van der Waals surface area contributed by atoms with Crippen LogP contribution >= 0.6 is 13.5 Å². The van der Waals surface area contributed by atoms with Crippen LogP contribution in [0.5, 0.6) is 11.5 Å². The summed E-state index contributed by atoms with van der Waals surface area (Å²) in [7, 11) is 3.52. The Kier molecular flexibility index (Phi) is 8.22. The fourth-order valence-electron chi connectivity index (χ4n) is 4.00. The van der Waals surface area contributed by atoms with Gasteiger partial charge in [-0.2, -0.15) is 13.5 Å². The van der Waals surface area contributed by atoms with Crippen molar-refractivity contribution in [3.8, 4) is 11.5 Å². The van der Waals surface area contributed by atoms with Gasteiger partial charge in [0.15, 0.2) is 0 Å². The van der Waals surface area contributed by atoms with Crippen molar-refractivity contribution in [2.45, 2.75) is 18.8 Å². The molecule has 4 aromatic rings. The molecule has 0 saturated heterocycles. The minimum Gasteiger partial charge on any atom is -0.496 e. The molecule has 1 aromatic heterocycles. The number of benzene rings is 3. The Morgan fingerprint density at radius 2 is 1.72 bits per heavy atom. The lowest BCUT2D eigenvalue weighted by molar-refractivity contribution is 0.132. The number of aromatic nitrogens is 1. The molecule has 0 bridgehead atoms. The summed E-state index contributed by atoms with van der Waals surface area (Å²) in [4.78, 5) is 0. The number of likely N-dealkylation sites (N-methyl/N-ethyl adjacent to an activating group) is 1. The Labute approximate surface area is 196 Å². The summed E-state index contributed by atoms with van der Waals surface area (Å²) in [5.41, 5.74) is 3.12. The maximum absolute atomic E-state index is 10.9. The molecule has 2 atom stereocenters. The molecular weight excluding hydrogens is 420 g/mol. The third-order valence-electron chi connectivity index (χ3n) is 5.50. The molecule has 0 spiro atoms. The molecule has 0 unspecified atom stereocenters. The van der Waals surface area contributed by atoms with E-state index in [0.29, 0.717) is 13.2 Å². The normalized spacial score (nSPS) is 12.7. The van der Waals surface area contributed by atoms with Crippen LogP contribution in [-0.4, -0.2) is 36.5 Å². The number of methoxy groups -OCH3 is 1. The van der Waals surface area contributed by atoms with Crippen LogP contribution < -0.4 is 14.8 Å². The second-order valence-electron chi connectivity index (χ2n) is 7.52. The van der Waals surface area contributed by atoms with Gasteiger partial charge in [0.1, 0.15) is 18.1 Å². The molecule has 168 valence electrons. The van der Waals surface area contributed by atoms with Crippen molar-refractivity contribution in [1.29, 1.82) is 0 Å². The Morgan fingerprint density at radius 1 is 0.969 bits per heavy atom. The number of nitrogens with zero attached hydrogens (tertiary/aromatic N) is 1. The second kappa shape index (κ2) is 11.1. The molecule has 0 aliphatic carbocycles. The van der Waals surface area contributed by atoms with Gasteiger partial charge in [-0.05, 0) is 42.9 Å². The monoisotopic (exact) mass is 450 g/mol. The van der Waals surface area contributed by atoms with Crippen molar-refractivity contribution in [3.63, 3.8) is 0 Å². The molecule has 0 fully saturated rings. The van der Waals surface area contributed by atoms with Gasteiger partial charge in [0.25, 0.3) is 0 Å². The maximum Gasteiger partial charge on any atom is 0.125 e. The maximum atomic E-state index is 10.9. The fraction of sp³-hybridized carbons (Fsp3) is 0.231. The largest absolute Gasteiger partial charge is 0.496 e. The summed E-state index contributed by atoms with van der Waals surface area (Å²) in [5.74, 6) is 1.61. The molecule has 5 nitrogen and oxygen atoms in total. The first kappa shape index (κ1) is 23.7. The van der Waals surface area contributed by atoms with Gasteiger partial charge >= 0.3 is 0 Å². The lowest BCUT2D eigenvalue weighted by atomic mass is 10.0. The van der Waals surface area contributed by atoms with Crippen LogP contribution in [-0.2, 0) is 6.61 Å².